The van der Waals surface area contributed by atoms with E-state index in [4.69, 9.17) is 10.00 Å². The Labute approximate surface area is 153 Å². The summed E-state index contributed by atoms with van der Waals surface area (Å²) in [6.45, 7) is 2.04. The zero-order chi connectivity index (χ0) is 18.0. The fourth-order valence-electron chi connectivity index (χ4n) is 3.92. The zero-order valence-corrected chi connectivity index (χ0v) is 14.6. The van der Waals surface area contributed by atoms with Crippen LogP contribution >= 0.6 is 0 Å². The third-order valence-corrected chi connectivity index (χ3v) is 5.30. The summed E-state index contributed by atoms with van der Waals surface area (Å²) in [7, 11) is 0. The van der Waals surface area contributed by atoms with E-state index in [1.54, 1.807) is 12.1 Å². The zero-order valence-electron chi connectivity index (χ0n) is 14.6. The molecular formula is C21H21N3O2. The van der Waals surface area contributed by atoms with Crippen molar-refractivity contribution in [3.63, 3.8) is 0 Å². The van der Waals surface area contributed by atoms with Crippen molar-refractivity contribution in [1.29, 1.82) is 5.26 Å². The van der Waals surface area contributed by atoms with Crippen LogP contribution in [0.15, 0.2) is 48.5 Å². The molecular weight excluding hydrogens is 326 g/mol. The van der Waals surface area contributed by atoms with Crippen LogP contribution in [0, 0.1) is 11.3 Å². The Morgan fingerprint density at radius 2 is 2.04 bits per heavy atom. The number of fused-ring (bicyclic) bond motifs is 2. The van der Waals surface area contributed by atoms with E-state index in [9.17, 15) is 4.79 Å². The fraction of sp³-hybridized carbons (Fsp3) is 0.333. The molecule has 0 saturated carbocycles. The fourth-order valence-corrected chi connectivity index (χ4v) is 3.92. The third kappa shape index (κ3) is 3.04. The molecule has 1 aliphatic carbocycles. The number of rotatable bonds is 3. The van der Waals surface area contributed by atoms with Gasteiger partial charge < -0.3 is 15.0 Å². The van der Waals surface area contributed by atoms with Crippen LogP contribution in [0.5, 0.6) is 0 Å². The number of carbonyl (C=O) groups excluding carboxylic acids is 1. The van der Waals surface area contributed by atoms with E-state index in [1.807, 2.05) is 23.1 Å². The van der Waals surface area contributed by atoms with Gasteiger partial charge in [-0.1, -0.05) is 24.3 Å². The highest BCUT2D eigenvalue weighted by Gasteiger charge is 2.44. The Morgan fingerprint density at radius 3 is 2.85 bits per heavy atom. The molecule has 4 rings (SSSR count). The van der Waals surface area contributed by atoms with E-state index in [-0.39, 0.29) is 18.1 Å². The van der Waals surface area contributed by atoms with Crippen molar-refractivity contribution in [3.05, 3.63) is 65.2 Å². The first-order valence-corrected chi connectivity index (χ1v) is 8.94. The Hall–Kier alpha value is -2.84. The highest BCUT2D eigenvalue weighted by Crippen LogP contribution is 2.42. The second-order valence-electron chi connectivity index (χ2n) is 6.86. The average molecular weight is 347 g/mol. The summed E-state index contributed by atoms with van der Waals surface area (Å²) >= 11 is 0. The first kappa shape index (κ1) is 16.6. The molecule has 1 amide bonds. The van der Waals surface area contributed by atoms with E-state index in [0.717, 1.165) is 18.5 Å². The summed E-state index contributed by atoms with van der Waals surface area (Å²) in [6, 6.07) is 17.6. The summed E-state index contributed by atoms with van der Waals surface area (Å²) in [4.78, 5) is 14.6. The standard InChI is InChI=1S/C21H21N3O2/c22-13-16-5-7-18(8-6-16)23-14-20(25)24-11-12-26-21(15-24)10-9-17-3-1-2-4-19(17)21/h1-8,23H,9-12,14-15H2. The topological polar surface area (TPSA) is 65.4 Å². The first-order valence-electron chi connectivity index (χ1n) is 8.94. The summed E-state index contributed by atoms with van der Waals surface area (Å²) in [5.41, 5.74) is 3.66. The molecule has 2 aromatic carbocycles. The molecule has 0 aromatic heterocycles. The second-order valence-corrected chi connectivity index (χ2v) is 6.86. The maximum absolute atomic E-state index is 12.7. The minimum absolute atomic E-state index is 0.0708. The largest absolute Gasteiger partial charge is 0.376 e. The number of ether oxygens (including phenoxy) is 1. The van der Waals surface area contributed by atoms with Crippen LogP contribution in [0.1, 0.15) is 23.1 Å². The van der Waals surface area contributed by atoms with Crippen molar-refractivity contribution in [3.8, 4) is 6.07 Å². The van der Waals surface area contributed by atoms with Crippen LogP contribution in [-0.4, -0.2) is 37.0 Å². The summed E-state index contributed by atoms with van der Waals surface area (Å²) in [5, 5.41) is 12.0. The highest BCUT2D eigenvalue weighted by molar-refractivity contribution is 5.81. The van der Waals surface area contributed by atoms with Crippen LogP contribution < -0.4 is 5.32 Å². The molecule has 5 heteroatoms. The SMILES string of the molecule is N#Cc1ccc(NCC(=O)N2CCOC3(CCc4ccccc43)C2)cc1. The molecule has 1 saturated heterocycles. The predicted octanol–water partition coefficient (Wildman–Crippen LogP) is 2.67. The monoisotopic (exact) mass is 347 g/mol. The number of hydrogen-bond acceptors (Lipinski definition) is 4. The molecule has 26 heavy (non-hydrogen) atoms. The molecule has 1 spiro atoms. The lowest BCUT2D eigenvalue weighted by atomic mass is 9.93. The Morgan fingerprint density at radius 1 is 1.23 bits per heavy atom. The van der Waals surface area contributed by atoms with Gasteiger partial charge >= 0.3 is 0 Å². The van der Waals surface area contributed by atoms with Gasteiger partial charge in [-0.3, -0.25) is 4.79 Å². The van der Waals surface area contributed by atoms with Crippen molar-refractivity contribution in [2.24, 2.45) is 0 Å². The van der Waals surface area contributed by atoms with E-state index < -0.39 is 0 Å². The number of nitrogens with one attached hydrogen (secondary N) is 1. The smallest absolute Gasteiger partial charge is 0.242 e. The number of anilines is 1. The first-order chi connectivity index (χ1) is 12.7. The normalized spacial score (nSPS) is 21.3. The molecule has 2 aliphatic rings. The number of aryl methyl sites for hydroxylation is 1. The number of morpholine rings is 1. The van der Waals surface area contributed by atoms with Gasteiger partial charge in [0, 0.05) is 12.2 Å². The van der Waals surface area contributed by atoms with Crippen molar-refractivity contribution >= 4 is 11.6 Å². The molecule has 1 aliphatic heterocycles. The van der Waals surface area contributed by atoms with Gasteiger partial charge in [-0.05, 0) is 48.2 Å². The quantitative estimate of drug-likeness (QED) is 0.927. The lowest BCUT2D eigenvalue weighted by molar-refractivity contribution is -0.150. The van der Waals surface area contributed by atoms with E-state index in [0.29, 0.717) is 25.3 Å². The lowest BCUT2D eigenvalue weighted by Crippen LogP contribution is -2.52. The molecule has 132 valence electrons. The number of benzene rings is 2. The lowest BCUT2D eigenvalue weighted by Gasteiger charge is -2.41. The minimum atomic E-state index is -0.348. The molecule has 5 nitrogen and oxygen atoms in total. The maximum atomic E-state index is 12.7. The number of amides is 1. The van der Waals surface area contributed by atoms with Crippen LogP contribution in [0.25, 0.3) is 0 Å². The maximum Gasteiger partial charge on any atom is 0.242 e. The average Bonchev–Trinajstić information content (AvgIpc) is 3.04. The molecule has 0 bridgehead atoms. The molecule has 1 atom stereocenters. The van der Waals surface area contributed by atoms with Crippen LogP contribution in [-0.2, 0) is 21.6 Å². The molecule has 1 heterocycles. The number of nitriles is 1. The van der Waals surface area contributed by atoms with E-state index in [2.05, 4.69) is 29.6 Å². The summed E-state index contributed by atoms with van der Waals surface area (Å²) < 4.78 is 6.18. The van der Waals surface area contributed by atoms with Crippen LogP contribution in [0.2, 0.25) is 0 Å². The summed E-state index contributed by atoms with van der Waals surface area (Å²) in [5.74, 6) is 0.0708. The second kappa shape index (κ2) is 6.81. The number of nitrogens with zero attached hydrogens (tertiary/aromatic N) is 2. The van der Waals surface area contributed by atoms with Gasteiger partial charge in [0.1, 0.15) is 5.60 Å². The number of hydrogen-bond donors (Lipinski definition) is 1. The predicted molar refractivity (Wildman–Crippen MR) is 98.6 cm³/mol. The van der Waals surface area contributed by atoms with E-state index in [1.165, 1.54) is 11.1 Å². The van der Waals surface area contributed by atoms with E-state index >= 15 is 0 Å². The molecule has 1 unspecified atom stereocenters. The van der Waals surface area contributed by atoms with Crippen molar-refractivity contribution < 1.29 is 9.53 Å². The van der Waals surface area contributed by atoms with Crippen LogP contribution in [0.3, 0.4) is 0 Å². The van der Waals surface area contributed by atoms with Crippen molar-refractivity contribution in [2.45, 2.75) is 18.4 Å². The van der Waals surface area contributed by atoms with Crippen molar-refractivity contribution in [2.75, 3.05) is 31.6 Å². The highest BCUT2D eigenvalue weighted by atomic mass is 16.5. The van der Waals surface area contributed by atoms with Gasteiger partial charge in [-0.2, -0.15) is 5.26 Å². The Bertz CT molecular complexity index is 852. The van der Waals surface area contributed by atoms with Gasteiger partial charge in [0.2, 0.25) is 5.91 Å². The van der Waals surface area contributed by atoms with Gasteiger partial charge in [-0.25, -0.2) is 0 Å². The third-order valence-electron chi connectivity index (χ3n) is 5.30. The molecule has 1 fully saturated rings. The van der Waals surface area contributed by atoms with Gasteiger partial charge in [0.05, 0.1) is 31.3 Å². The van der Waals surface area contributed by atoms with Gasteiger partial charge in [-0.15, -0.1) is 0 Å². The van der Waals surface area contributed by atoms with Gasteiger partial charge in [0.25, 0.3) is 0 Å². The number of carbonyl (C=O) groups is 1. The summed E-state index contributed by atoms with van der Waals surface area (Å²) in [6.07, 6.45) is 1.93. The minimum Gasteiger partial charge on any atom is -0.376 e. The Kier molecular flexibility index (Phi) is 4.36. The van der Waals surface area contributed by atoms with Gasteiger partial charge in [0.15, 0.2) is 0 Å². The molecule has 0 radical (unpaired) electrons. The van der Waals surface area contributed by atoms with Crippen LogP contribution in [0.4, 0.5) is 5.69 Å². The molecule has 2 aromatic rings. The molecule has 1 N–H and O–H groups in total. The Balaban J connectivity index is 1.42. The van der Waals surface area contributed by atoms with Crippen molar-refractivity contribution in [1.82, 2.24) is 4.90 Å².